The first-order valence-electron chi connectivity index (χ1n) is 9.39. The van der Waals surface area contributed by atoms with Crippen molar-refractivity contribution in [1.29, 1.82) is 0 Å². The number of likely N-dealkylation sites (tertiary alicyclic amines) is 1. The minimum atomic E-state index is -0.822. The zero-order valence-corrected chi connectivity index (χ0v) is 16.0. The summed E-state index contributed by atoms with van der Waals surface area (Å²) in [5, 5.41) is 22.8. The second-order valence-corrected chi connectivity index (χ2v) is 7.31. The predicted octanol–water partition coefficient (Wildman–Crippen LogP) is 2.74. The highest BCUT2D eigenvalue weighted by Crippen LogP contribution is 2.38. The molecule has 3 rings (SSSR count). The number of anilines is 1. The SMILES string of the molecule is COC(=O)c1cc([N+](=O)[O-])cc([N+](=O)[O-])c1N1CCC(N2CCCC2C)CC1. The molecule has 10 nitrogen and oxygen atoms in total. The second-order valence-electron chi connectivity index (χ2n) is 7.31. The molecule has 0 spiro atoms. The van der Waals surface area contributed by atoms with Crippen LogP contribution in [0.25, 0.3) is 0 Å². The molecule has 0 saturated carbocycles. The first kappa shape index (κ1) is 20.0. The lowest BCUT2D eigenvalue weighted by Gasteiger charge is -2.39. The lowest BCUT2D eigenvalue weighted by Crippen LogP contribution is -2.46. The fourth-order valence-electron chi connectivity index (χ4n) is 4.37. The molecule has 0 radical (unpaired) electrons. The van der Waals surface area contributed by atoms with Crippen LogP contribution in [0.2, 0.25) is 0 Å². The van der Waals surface area contributed by atoms with E-state index in [1.54, 1.807) is 4.90 Å². The molecular weight excluding hydrogens is 368 g/mol. The summed E-state index contributed by atoms with van der Waals surface area (Å²) in [6.07, 6.45) is 4.00. The van der Waals surface area contributed by atoms with Crippen LogP contribution in [0.4, 0.5) is 17.1 Å². The molecule has 2 aliphatic heterocycles. The van der Waals surface area contributed by atoms with E-state index in [9.17, 15) is 25.0 Å². The number of methoxy groups -OCH3 is 1. The van der Waals surface area contributed by atoms with Crippen LogP contribution in [0.1, 0.15) is 43.0 Å². The largest absolute Gasteiger partial charge is 0.465 e. The monoisotopic (exact) mass is 392 g/mol. The van der Waals surface area contributed by atoms with Crippen molar-refractivity contribution in [2.75, 3.05) is 31.6 Å². The number of non-ortho nitro benzene ring substituents is 1. The van der Waals surface area contributed by atoms with E-state index in [2.05, 4.69) is 11.8 Å². The van der Waals surface area contributed by atoms with Gasteiger partial charge in [0.05, 0.1) is 28.6 Å². The first-order chi connectivity index (χ1) is 13.3. The molecule has 0 N–H and O–H groups in total. The Kier molecular flexibility index (Phi) is 5.78. The van der Waals surface area contributed by atoms with Crippen molar-refractivity contribution in [1.82, 2.24) is 4.90 Å². The molecule has 0 amide bonds. The summed E-state index contributed by atoms with van der Waals surface area (Å²) in [5.41, 5.74) is -0.981. The minimum absolute atomic E-state index is 0.107. The maximum atomic E-state index is 12.2. The molecule has 152 valence electrons. The fourth-order valence-corrected chi connectivity index (χ4v) is 4.37. The molecule has 2 heterocycles. The number of nitrogens with zero attached hydrogens (tertiary/aromatic N) is 4. The summed E-state index contributed by atoms with van der Waals surface area (Å²) in [5.74, 6) is -0.822. The molecule has 1 aromatic carbocycles. The van der Waals surface area contributed by atoms with Crippen LogP contribution < -0.4 is 4.90 Å². The number of carbonyl (C=O) groups excluding carboxylic acids is 1. The van der Waals surface area contributed by atoms with Gasteiger partial charge in [-0.1, -0.05) is 0 Å². The maximum absolute atomic E-state index is 12.2. The van der Waals surface area contributed by atoms with Gasteiger partial charge in [0, 0.05) is 31.2 Å². The van der Waals surface area contributed by atoms with Crippen LogP contribution in [0.15, 0.2) is 12.1 Å². The highest BCUT2D eigenvalue weighted by molar-refractivity contribution is 5.99. The van der Waals surface area contributed by atoms with Crippen molar-refractivity contribution in [2.45, 2.75) is 44.7 Å². The zero-order chi connectivity index (χ0) is 20.4. The summed E-state index contributed by atoms with van der Waals surface area (Å²) in [7, 11) is 1.15. The summed E-state index contributed by atoms with van der Waals surface area (Å²) < 4.78 is 4.73. The Bertz CT molecular complexity index is 791. The van der Waals surface area contributed by atoms with E-state index in [1.807, 2.05) is 0 Å². The van der Waals surface area contributed by atoms with Gasteiger partial charge in [0.1, 0.15) is 5.69 Å². The average Bonchev–Trinajstić information content (AvgIpc) is 3.12. The predicted molar refractivity (Wildman–Crippen MR) is 102 cm³/mol. The van der Waals surface area contributed by atoms with Gasteiger partial charge >= 0.3 is 5.97 Å². The van der Waals surface area contributed by atoms with Crippen molar-refractivity contribution in [2.24, 2.45) is 0 Å². The fraction of sp³-hybridized carbons (Fsp3) is 0.611. The normalized spacial score (nSPS) is 20.9. The number of hydrogen-bond donors (Lipinski definition) is 0. The summed E-state index contributed by atoms with van der Waals surface area (Å²) >= 11 is 0. The third-order valence-corrected chi connectivity index (χ3v) is 5.74. The van der Waals surface area contributed by atoms with E-state index < -0.39 is 27.2 Å². The molecular formula is C18H24N4O6. The number of rotatable bonds is 5. The Hall–Kier alpha value is -2.75. The molecule has 2 fully saturated rings. The number of benzene rings is 1. The third-order valence-electron chi connectivity index (χ3n) is 5.74. The van der Waals surface area contributed by atoms with E-state index >= 15 is 0 Å². The first-order valence-corrected chi connectivity index (χ1v) is 9.39. The van der Waals surface area contributed by atoms with Gasteiger partial charge in [-0.25, -0.2) is 4.79 Å². The van der Waals surface area contributed by atoms with Gasteiger partial charge < -0.3 is 9.64 Å². The molecule has 2 saturated heterocycles. The quantitative estimate of drug-likeness (QED) is 0.426. The van der Waals surface area contributed by atoms with Gasteiger partial charge in [-0.2, -0.15) is 0 Å². The average molecular weight is 392 g/mol. The molecule has 1 aromatic rings. The van der Waals surface area contributed by atoms with E-state index in [0.717, 1.165) is 38.6 Å². The molecule has 0 aliphatic carbocycles. The highest BCUT2D eigenvalue weighted by atomic mass is 16.6. The van der Waals surface area contributed by atoms with Crippen LogP contribution in [0, 0.1) is 20.2 Å². The van der Waals surface area contributed by atoms with Crippen LogP contribution in [0.3, 0.4) is 0 Å². The standard InChI is InChI=1S/C18H24N4O6/c1-12-4-3-7-20(12)13-5-8-19(9-6-13)17-15(18(23)28-2)10-14(21(24)25)11-16(17)22(26)27/h10-13H,3-9H2,1-2H3. The zero-order valence-electron chi connectivity index (χ0n) is 16.0. The number of nitro groups is 2. The number of carbonyl (C=O) groups is 1. The topological polar surface area (TPSA) is 119 Å². The van der Waals surface area contributed by atoms with E-state index in [4.69, 9.17) is 4.74 Å². The molecule has 28 heavy (non-hydrogen) atoms. The summed E-state index contributed by atoms with van der Waals surface area (Å²) in [4.78, 5) is 37.9. The molecule has 10 heteroatoms. The minimum Gasteiger partial charge on any atom is -0.465 e. The van der Waals surface area contributed by atoms with Crippen LogP contribution in [-0.2, 0) is 4.74 Å². The van der Waals surface area contributed by atoms with E-state index in [1.165, 1.54) is 12.8 Å². The molecule has 1 atom stereocenters. The smallest absolute Gasteiger partial charge is 0.340 e. The Morgan fingerprint density at radius 1 is 1.11 bits per heavy atom. The van der Waals surface area contributed by atoms with Crippen LogP contribution in [-0.4, -0.2) is 59.5 Å². The number of ether oxygens (including phenoxy) is 1. The van der Waals surface area contributed by atoms with Gasteiger partial charge in [-0.3, -0.25) is 25.1 Å². The number of esters is 1. The van der Waals surface area contributed by atoms with Crippen LogP contribution >= 0.6 is 0 Å². The molecule has 0 aromatic heterocycles. The highest BCUT2D eigenvalue weighted by Gasteiger charge is 2.35. The summed E-state index contributed by atoms with van der Waals surface area (Å²) in [6.45, 7) is 4.36. The van der Waals surface area contributed by atoms with Crippen LogP contribution in [0.5, 0.6) is 0 Å². The maximum Gasteiger partial charge on any atom is 0.340 e. The van der Waals surface area contributed by atoms with Gasteiger partial charge in [-0.15, -0.1) is 0 Å². The Labute approximate surface area is 162 Å². The van der Waals surface area contributed by atoms with Crippen molar-refractivity contribution < 1.29 is 19.4 Å². The van der Waals surface area contributed by atoms with Crippen molar-refractivity contribution in [3.8, 4) is 0 Å². The van der Waals surface area contributed by atoms with Gasteiger partial charge in [0.2, 0.25) is 0 Å². The van der Waals surface area contributed by atoms with Gasteiger partial charge in [0.25, 0.3) is 11.4 Å². The van der Waals surface area contributed by atoms with Crippen molar-refractivity contribution in [3.05, 3.63) is 37.9 Å². The molecule has 0 bridgehead atoms. The van der Waals surface area contributed by atoms with E-state index in [0.29, 0.717) is 25.2 Å². The van der Waals surface area contributed by atoms with E-state index in [-0.39, 0.29) is 11.3 Å². The Balaban J connectivity index is 1.93. The number of hydrogen-bond acceptors (Lipinski definition) is 8. The molecule has 2 aliphatic rings. The molecule has 1 unspecified atom stereocenters. The van der Waals surface area contributed by atoms with Crippen molar-refractivity contribution >= 4 is 23.0 Å². The lowest BCUT2D eigenvalue weighted by molar-refractivity contribution is -0.393. The second kappa shape index (κ2) is 8.09. The number of piperidine rings is 1. The summed E-state index contributed by atoms with van der Waals surface area (Å²) in [6, 6.07) is 2.92. The van der Waals surface area contributed by atoms with Gasteiger partial charge in [0.15, 0.2) is 0 Å². The van der Waals surface area contributed by atoms with Gasteiger partial charge in [-0.05, 0) is 39.2 Å². The van der Waals surface area contributed by atoms with Crippen molar-refractivity contribution in [3.63, 3.8) is 0 Å². The Morgan fingerprint density at radius 2 is 1.79 bits per heavy atom. The Morgan fingerprint density at radius 3 is 2.29 bits per heavy atom. The third kappa shape index (κ3) is 3.77. The lowest BCUT2D eigenvalue weighted by atomic mass is 9.99. The number of nitro benzene ring substituents is 2.